The van der Waals surface area contributed by atoms with Gasteiger partial charge in [-0.25, -0.2) is 4.98 Å². The number of piperidine rings is 1. The van der Waals surface area contributed by atoms with E-state index in [9.17, 15) is 4.79 Å². The first-order chi connectivity index (χ1) is 12.1. The van der Waals surface area contributed by atoms with Crippen molar-refractivity contribution in [2.24, 2.45) is 5.92 Å². The van der Waals surface area contributed by atoms with Crippen LogP contribution in [0.1, 0.15) is 25.3 Å². The maximum atomic E-state index is 12.0. The monoisotopic (exact) mass is 379 g/mol. The van der Waals surface area contributed by atoms with Crippen LogP contribution < -0.4 is 4.90 Å². The molecule has 4 nitrogen and oxygen atoms in total. The molecule has 1 aromatic heterocycles. The number of pyridine rings is 1. The molecule has 134 valence electrons. The minimum Gasteiger partial charge on any atom is -0.466 e. The number of nitrogens with one attached hydrogen (secondary N) is 1. The molecule has 2 atom stereocenters. The maximum absolute atomic E-state index is 12.0. The molecule has 2 aromatic rings. The molecule has 0 aliphatic carbocycles. The maximum Gasteiger partial charge on any atom is 0.314 e. The molecule has 0 spiro atoms. The lowest BCUT2D eigenvalue weighted by Crippen LogP contribution is -3.12. The van der Waals surface area contributed by atoms with Gasteiger partial charge in [0, 0.05) is 15.8 Å². The first-order valence-electron chi connectivity index (χ1n) is 8.74. The SMILES string of the molecule is CCOC(=O)[C@H]1CCC[NH+](Cc2cc3ccc(SC)cc3nc2Cl)C1. The number of likely N-dealkylation sites (tertiary alicyclic amines) is 1. The van der Waals surface area contributed by atoms with E-state index in [1.807, 2.05) is 6.92 Å². The molecule has 1 N–H and O–H groups in total. The zero-order valence-electron chi connectivity index (χ0n) is 14.7. The Morgan fingerprint density at radius 1 is 1.44 bits per heavy atom. The van der Waals surface area contributed by atoms with Gasteiger partial charge in [-0.05, 0) is 44.2 Å². The summed E-state index contributed by atoms with van der Waals surface area (Å²) < 4.78 is 5.19. The lowest BCUT2D eigenvalue weighted by molar-refractivity contribution is -0.921. The Morgan fingerprint density at radius 3 is 3.04 bits per heavy atom. The van der Waals surface area contributed by atoms with Gasteiger partial charge >= 0.3 is 5.97 Å². The fourth-order valence-electron chi connectivity index (χ4n) is 3.46. The summed E-state index contributed by atoms with van der Waals surface area (Å²) in [5.41, 5.74) is 1.98. The van der Waals surface area contributed by atoms with E-state index in [1.54, 1.807) is 11.8 Å². The van der Waals surface area contributed by atoms with Gasteiger partial charge < -0.3 is 9.64 Å². The second-order valence-electron chi connectivity index (χ2n) is 6.47. The molecule has 3 rings (SSSR count). The molecule has 0 saturated carbocycles. The van der Waals surface area contributed by atoms with E-state index in [0.29, 0.717) is 11.8 Å². The normalized spacial score (nSPS) is 20.6. The second kappa shape index (κ2) is 8.39. The summed E-state index contributed by atoms with van der Waals surface area (Å²) in [5.74, 6) is -0.0629. The number of hydrogen-bond acceptors (Lipinski definition) is 4. The number of carbonyl (C=O) groups excluding carboxylic acids is 1. The molecule has 1 aromatic carbocycles. The van der Waals surface area contributed by atoms with Crippen molar-refractivity contribution in [1.29, 1.82) is 0 Å². The number of thioether (sulfide) groups is 1. The first kappa shape index (κ1) is 18.5. The van der Waals surface area contributed by atoms with Crippen molar-refractivity contribution in [3.63, 3.8) is 0 Å². The van der Waals surface area contributed by atoms with Gasteiger partial charge in [-0.2, -0.15) is 0 Å². The molecular weight excluding hydrogens is 356 g/mol. The van der Waals surface area contributed by atoms with Crippen LogP contribution >= 0.6 is 23.4 Å². The average Bonchev–Trinajstić information content (AvgIpc) is 2.62. The molecule has 6 heteroatoms. The van der Waals surface area contributed by atoms with E-state index in [2.05, 4.69) is 35.5 Å². The van der Waals surface area contributed by atoms with Crippen molar-refractivity contribution in [2.75, 3.05) is 26.0 Å². The summed E-state index contributed by atoms with van der Waals surface area (Å²) in [6, 6.07) is 8.41. The van der Waals surface area contributed by atoms with Crippen molar-refractivity contribution in [3.8, 4) is 0 Å². The fourth-order valence-corrected chi connectivity index (χ4v) is 4.11. The topological polar surface area (TPSA) is 43.6 Å². The number of aromatic nitrogens is 1. The van der Waals surface area contributed by atoms with Crippen LogP contribution in [0.3, 0.4) is 0 Å². The molecule has 2 heterocycles. The average molecular weight is 380 g/mol. The van der Waals surface area contributed by atoms with Crippen LogP contribution in [-0.2, 0) is 16.1 Å². The van der Waals surface area contributed by atoms with Crippen LogP contribution in [-0.4, -0.2) is 36.9 Å². The highest BCUT2D eigenvalue weighted by molar-refractivity contribution is 7.98. The Morgan fingerprint density at radius 2 is 2.28 bits per heavy atom. The Kier molecular flexibility index (Phi) is 6.20. The first-order valence-corrected chi connectivity index (χ1v) is 10.3. The van der Waals surface area contributed by atoms with Gasteiger partial charge in [-0.15, -0.1) is 11.8 Å². The van der Waals surface area contributed by atoms with Crippen molar-refractivity contribution >= 4 is 40.2 Å². The molecular formula is C19H24ClN2O2S+. The predicted molar refractivity (Wildman–Crippen MR) is 102 cm³/mol. The number of benzene rings is 1. The number of nitrogens with zero attached hydrogens (tertiary/aromatic N) is 1. The summed E-state index contributed by atoms with van der Waals surface area (Å²) in [5, 5.41) is 1.67. The van der Waals surface area contributed by atoms with Crippen LogP contribution in [0.15, 0.2) is 29.2 Å². The fraction of sp³-hybridized carbons (Fsp3) is 0.474. The van der Waals surface area contributed by atoms with Crippen LogP contribution in [0.4, 0.5) is 0 Å². The van der Waals surface area contributed by atoms with Gasteiger partial charge in [0.05, 0.1) is 25.2 Å². The van der Waals surface area contributed by atoms with Crippen LogP contribution in [0, 0.1) is 5.92 Å². The van der Waals surface area contributed by atoms with Crippen LogP contribution in [0.25, 0.3) is 10.9 Å². The zero-order valence-corrected chi connectivity index (χ0v) is 16.3. The van der Waals surface area contributed by atoms with Crippen molar-refractivity contribution in [1.82, 2.24) is 4.98 Å². The molecule has 1 aliphatic rings. The summed E-state index contributed by atoms with van der Waals surface area (Å²) in [7, 11) is 0. The summed E-state index contributed by atoms with van der Waals surface area (Å²) >= 11 is 8.14. The van der Waals surface area contributed by atoms with Crippen LogP contribution in [0.2, 0.25) is 5.15 Å². The number of esters is 1. The van der Waals surface area contributed by atoms with Gasteiger partial charge in [-0.3, -0.25) is 4.79 Å². The van der Waals surface area contributed by atoms with E-state index in [0.717, 1.165) is 48.9 Å². The van der Waals surface area contributed by atoms with Gasteiger partial charge in [0.1, 0.15) is 17.6 Å². The van der Waals surface area contributed by atoms with E-state index < -0.39 is 0 Å². The van der Waals surface area contributed by atoms with Crippen molar-refractivity contribution in [3.05, 3.63) is 35.0 Å². The van der Waals surface area contributed by atoms with Gasteiger partial charge in [0.2, 0.25) is 0 Å². The lowest BCUT2D eigenvalue weighted by Gasteiger charge is -2.28. The number of fused-ring (bicyclic) bond motifs is 1. The highest BCUT2D eigenvalue weighted by atomic mass is 35.5. The molecule has 25 heavy (non-hydrogen) atoms. The minimum absolute atomic E-state index is 0.0000262. The number of rotatable bonds is 5. The number of quaternary nitrogens is 1. The Hall–Kier alpha value is -1.30. The van der Waals surface area contributed by atoms with Gasteiger partial charge in [-0.1, -0.05) is 17.7 Å². The van der Waals surface area contributed by atoms with Crippen molar-refractivity contribution < 1.29 is 14.4 Å². The highest BCUT2D eigenvalue weighted by Gasteiger charge is 2.30. The third-order valence-corrected chi connectivity index (χ3v) is 5.78. The second-order valence-corrected chi connectivity index (χ2v) is 7.71. The highest BCUT2D eigenvalue weighted by Crippen LogP contribution is 2.24. The zero-order chi connectivity index (χ0) is 17.8. The number of hydrogen-bond donors (Lipinski definition) is 1. The molecule has 0 radical (unpaired) electrons. The lowest BCUT2D eigenvalue weighted by atomic mass is 9.98. The van der Waals surface area contributed by atoms with Crippen molar-refractivity contribution in [2.45, 2.75) is 31.2 Å². The third kappa shape index (κ3) is 4.46. The number of ether oxygens (including phenoxy) is 1. The third-order valence-electron chi connectivity index (χ3n) is 4.73. The molecule has 0 bridgehead atoms. The summed E-state index contributed by atoms with van der Waals surface area (Å²) in [4.78, 5) is 19.2. The number of halogens is 1. The minimum atomic E-state index is -0.0629. The number of carbonyl (C=O) groups is 1. The molecule has 1 unspecified atom stereocenters. The predicted octanol–water partition coefficient (Wildman–Crippen LogP) is 2.97. The van der Waals surface area contributed by atoms with Crippen LogP contribution in [0.5, 0.6) is 0 Å². The summed E-state index contributed by atoms with van der Waals surface area (Å²) in [6.07, 6.45) is 4.01. The Labute approximate surface area is 157 Å². The van der Waals surface area contributed by atoms with E-state index in [4.69, 9.17) is 16.3 Å². The Balaban J connectivity index is 1.75. The largest absolute Gasteiger partial charge is 0.466 e. The quantitative estimate of drug-likeness (QED) is 0.492. The molecule has 1 saturated heterocycles. The standard InChI is InChI=1S/C19H23ClN2O2S/c1-3-24-19(23)14-5-4-8-22(11-14)12-15-9-13-6-7-16(25-2)10-17(13)21-18(15)20/h6-7,9-10,14H,3-5,8,11-12H2,1-2H3/p+1/t14-/m0/s1. The summed E-state index contributed by atoms with van der Waals surface area (Å²) in [6.45, 7) is 4.95. The van der Waals surface area contributed by atoms with Gasteiger partial charge in [0.15, 0.2) is 0 Å². The van der Waals surface area contributed by atoms with E-state index in [1.165, 1.54) is 9.80 Å². The molecule has 1 fully saturated rings. The van der Waals surface area contributed by atoms with E-state index >= 15 is 0 Å². The molecule has 1 aliphatic heterocycles. The van der Waals surface area contributed by atoms with Gasteiger partial charge in [0.25, 0.3) is 0 Å². The Bertz CT molecular complexity index is 768. The smallest absolute Gasteiger partial charge is 0.314 e. The molecule has 0 amide bonds. The van der Waals surface area contributed by atoms with E-state index in [-0.39, 0.29) is 11.9 Å².